The van der Waals surface area contributed by atoms with Crippen LogP contribution >= 0.6 is 0 Å². The van der Waals surface area contributed by atoms with Crippen LogP contribution in [-0.2, 0) is 4.79 Å². The van der Waals surface area contributed by atoms with Crippen molar-refractivity contribution in [1.82, 2.24) is 0 Å². The fourth-order valence-corrected chi connectivity index (χ4v) is 1.48. The number of amides is 1. The lowest BCUT2D eigenvalue weighted by Gasteiger charge is -2.17. The van der Waals surface area contributed by atoms with Crippen molar-refractivity contribution >= 4 is 17.3 Å². The zero-order valence-corrected chi connectivity index (χ0v) is 11.1. The van der Waals surface area contributed by atoms with Gasteiger partial charge in [0.25, 0.3) is 0 Å². The summed E-state index contributed by atoms with van der Waals surface area (Å²) in [6.45, 7) is 8.35. The summed E-state index contributed by atoms with van der Waals surface area (Å²) in [4.78, 5) is 11.8. The monoisotopic (exact) mass is 234 g/mol. The van der Waals surface area contributed by atoms with Crippen LogP contribution in [0.25, 0.3) is 0 Å². The summed E-state index contributed by atoms with van der Waals surface area (Å²) in [5, 5.41) is 2.90. The maximum atomic E-state index is 11.8. The van der Waals surface area contributed by atoms with Crippen molar-refractivity contribution < 1.29 is 4.79 Å². The number of carbonyl (C=O) groups is 1. The molecule has 1 rings (SSSR count). The second-order valence-corrected chi connectivity index (χ2v) is 5.68. The van der Waals surface area contributed by atoms with Crippen LogP contribution in [0.2, 0.25) is 0 Å². The molecule has 0 aromatic heterocycles. The molecule has 0 heterocycles. The van der Waals surface area contributed by atoms with E-state index in [1.165, 1.54) is 0 Å². The van der Waals surface area contributed by atoms with Gasteiger partial charge in [-0.15, -0.1) is 0 Å². The van der Waals surface area contributed by atoms with Crippen LogP contribution in [0, 0.1) is 12.3 Å². The molecule has 0 aliphatic carbocycles. The van der Waals surface area contributed by atoms with Gasteiger partial charge in [0.1, 0.15) is 0 Å². The third-order valence-electron chi connectivity index (χ3n) is 2.64. The molecule has 1 aromatic rings. The maximum Gasteiger partial charge on any atom is 0.224 e. The van der Waals surface area contributed by atoms with E-state index >= 15 is 0 Å². The van der Waals surface area contributed by atoms with E-state index < -0.39 is 0 Å². The lowest BCUT2D eigenvalue weighted by atomic mass is 9.90. The van der Waals surface area contributed by atoms with Crippen LogP contribution in [0.15, 0.2) is 18.2 Å². The van der Waals surface area contributed by atoms with Gasteiger partial charge in [-0.3, -0.25) is 4.79 Å². The highest BCUT2D eigenvalue weighted by Crippen LogP contribution is 2.22. The van der Waals surface area contributed by atoms with E-state index in [4.69, 9.17) is 5.73 Å². The molecule has 1 amide bonds. The van der Waals surface area contributed by atoms with E-state index in [2.05, 4.69) is 26.1 Å². The quantitative estimate of drug-likeness (QED) is 0.788. The molecule has 0 bridgehead atoms. The third-order valence-corrected chi connectivity index (χ3v) is 2.64. The third kappa shape index (κ3) is 4.89. The number of carbonyl (C=O) groups excluding carboxylic acids is 1. The topological polar surface area (TPSA) is 55.1 Å². The van der Waals surface area contributed by atoms with Gasteiger partial charge in [0, 0.05) is 17.8 Å². The highest BCUT2D eigenvalue weighted by molar-refractivity contribution is 5.92. The Hall–Kier alpha value is -1.51. The summed E-state index contributed by atoms with van der Waals surface area (Å²) in [6, 6.07) is 5.54. The molecule has 3 heteroatoms. The predicted molar refractivity (Wildman–Crippen MR) is 72.9 cm³/mol. The molecule has 0 aliphatic rings. The van der Waals surface area contributed by atoms with E-state index in [9.17, 15) is 4.79 Å². The number of anilines is 2. The van der Waals surface area contributed by atoms with E-state index in [0.29, 0.717) is 12.1 Å². The molecule has 3 N–H and O–H groups in total. The van der Waals surface area contributed by atoms with Gasteiger partial charge in [0.05, 0.1) is 0 Å². The Balaban J connectivity index is 2.59. The predicted octanol–water partition coefficient (Wildman–Crippen LogP) is 3.34. The number of hydrogen-bond acceptors (Lipinski definition) is 2. The van der Waals surface area contributed by atoms with E-state index in [1.54, 1.807) is 6.07 Å². The molecule has 0 radical (unpaired) electrons. The minimum Gasteiger partial charge on any atom is -0.399 e. The summed E-state index contributed by atoms with van der Waals surface area (Å²) in [6.07, 6.45) is 1.41. The number of rotatable bonds is 3. The molecule has 0 unspecified atom stereocenters. The fraction of sp³-hybridized carbons (Fsp3) is 0.500. The highest BCUT2D eigenvalue weighted by atomic mass is 16.1. The normalized spacial score (nSPS) is 11.3. The molecule has 0 spiro atoms. The maximum absolute atomic E-state index is 11.8. The zero-order chi connectivity index (χ0) is 13.1. The molecular formula is C14H22N2O. The number of nitrogens with two attached hydrogens (primary N) is 1. The molecule has 94 valence electrons. The van der Waals surface area contributed by atoms with Crippen LogP contribution in [0.1, 0.15) is 39.2 Å². The first-order chi connectivity index (χ1) is 7.78. The fourth-order valence-electron chi connectivity index (χ4n) is 1.48. The molecule has 1 aromatic carbocycles. The standard InChI is InChI=1S/C14H22N2O/c1-10-5-6-11(15)9-12(10)16-13(17)7-8-14(2,3)4/h5-6,9H,7-8,15H2,1-4H3,(H,16,17). The largest absolute Gasteiger partial charge is 0.399 e. The van der Waals surface area contributed by atoms with Gasteiger partial charge in [-0.2, -0.15) is 0 Å². The van der Waals surface area contributed by atoms with Gasteiger partial charge in [0.15, 0.2) is 0 Å². The van der Waals surface area contributed by atoms with Crippen molar-refractivity contribution in [2.75, 3.05) is 11.1 Å². The summed E-state index contributed by atoms with van der Waals surface area (Å²) in [5.41, 5.74) is 8.39. The Kier molecular flexibility index (Phi) is 4.16. The molecular weight excluding hydrogens is 212 g/mol. The number of aryl methyl sites for hydroxylation is 1. The Morgan fingerprint density at radius 1 is 1.35 bits per heavy atom. The molecule has 0 aliphatic heterocycles. The Morgan fingerprint density at radius 2 is 2.00 bits per heavy atom. The van der Waals surface area contributed by atoms with Gasteiger partial charge in [-0.1, -0.05) is 26.8 Å². The van der Waals surface area contributed by atoms with Crippen LogP contribution < -0.4 is 11.1 Å². The highest BCUT2D eigenvalue weighted by Gasteiger charge is 2.13. The van der Waals surface area contributed by atoms with Crippen LogP contribution in [0.5, 0.6) is 0 Å². The molecule has 17 heavy (non-hydrogen) atoms. The molecule has 0 saturated heterocycles. The minimum absolute atomic E-state index is 0.0497. The van der Waals surface area contributed by atoms with Gasteiger partial charge in [0.2, 0.25) is 5.91 Å². The number of nitrogens with one attached hydrogen (secondary N) is 1. The average Bonchev–Trinajstić information content (AvgIpc) is 2.20. The SMILES string of the molecule is Cc1ccc(N)cc1NC(=O)CCC(C)(C)C. The second-order valence-electron chi connectivity index (χ2n) is 5.68. The van der Waals surface area contributed by atoms with Crippen molar-refractivity contribution in [2.24, 2.45) is 5.41 Å². The average molecular weight is 234 g/mol. The number of nitrogen functional groups attached to an aromatic ring is 1. The van der Waals surface area contributed by atoms with Crippen molar-refractivity contribution in [3.05, 3.63) is 23.8 Å². The van der Waals surface area contributed by atoms with Crippen molar-refractivity contribution in [3.63, 3.8) is 0 Å². The Labute approximate surface area is 103 Å². The van der Waals surface area contributed by atoms with Crippen LogP contribution in [0.3, 0.4) is 0 Å². The Bertz CT molecular complexity index is 405. The molecule has 0 atom stereocenters. The van der Waals surface area contributed by atoms with Crippen molar-refractivity contribution in [1.29, 1.82) is 0 Å². The first kappa shape index (κ1) is 13.6. The molecule has 0 saturated carbocycles. The summed E-state index contributed by atoms with van der Waals surface area (Å²) in [5.74, 6) is 0.0497. The van der Waals surface area contributed by atoms with E-state index in [0.717, 1.165) is 17.7 Å². The lowest BCUT2D eigenvalue weighted by Crippen LogP contribution is -2.16. The Morgan fingerprint density at radius 3 is 2.59 bits per heavy atom. The molecule has 3 nitrogen and oxygen atoms in total. The van der Waals surface area contributed by atoms with Crippen molar-refractivity contribution in [3.8, 4) is 0 Å². The minimum atomic E-state index is 0.0497. The van der Waals surface area contributed by atoms with E-state index in [1.807, 2.05) is 19.1 Å². The van der Waals surface area contributed by atoms with Gasteiger partial charge in [-0.05, 0) is 36.5 Å². The summed E-state index contributed by atoms with van der Waals surface area (Å²) in [7, 11) is 0. The van der Waals surface area contributed by atoms with E-state index in [-0.39, 0.29) is 11.3 Å². The van der Waals surface area contributed by atoms with Crippen LogP contribution in [0.4, 0.5) is 11.4 Å². The summed E-state index contributed by atoms with van der Waals surface area (Å²) < 4.78 is 0. The first-order valence-electron chi connectivity index (χ1n) is 5.94. The second kappa shape index (κ2) is 5.21. The molecule has 0 fully saturated rings. The number of hydrogen-bond donors (Lipinski definition) is 2. The van der Waals surface area contributed by atoms with Gasteiger partial charge < -0.3 is 11.1 Å². The first-order valence-corrected chi connectivity index (χ1v) is 5.94. The smallest absolute Gasteiger partial charge is 0.224 e. The van der Waals surface area contributed by atoms with Gasteiger partial charge >= 0.3 is 0 Å². The lowest BCUT2D eigenvalue weighted by molar-refractivity contribution is -0.116. The van der Waals surface area contributed by atoms with Crippen LogP contribution in [-0.4, -0.2) is 5.91 Å². The van der Waals surface area contributed by atoms with Gasteiger partial charge in [-0.25, -0.2) is 0 Å². The summed E-state index contributed by atoms with van der Waals surface area (Å²) >= 11 is 0. The zero-order valence-electron chi connectivity index (χ0n) is 11.1. The van der Waals surface area contributed by atoms with Crippen molar-refractivity contribution in [2.45, 2.75) is 40.5 Å². The number of benzene rings is 1.